The lowest BCUT2D eigenvalue weighted by molar-refractivity contribution is 0.0162. The van der Waals surface area contributed by atoms with E-state index in [1.165, 1.54) is 11.1 Å². The van der Waals surface area contributed by atoms with Crippen molar-refractivity contribution in [1.29, 1.82) is 0 Å². The first-order valence-electron chi connectivity index (χ1n) is 9.43. The van der Waals surface area contributed by atoms with Gasteiger partial charge >= 0.3 is 0 Å². The summed E-state index contributed by atoms with van der Waals surface area (Å²) in [6, 6.07) is 16.6. The summed E-state index contributed by atoms with van der Waals surface area (Å²) in [5.41, 5.74) is 4.32. The molecule has 2 aromatic carbocycles. The first kappa shape index (κ1) is 18.6. The molecule has 4 heteroatoms. The zero-order valence-corrected chi connectivity index (χ0v) is 15.7. The zero-order valence-electron chi connectivity index (χ0n) is 15.7. The van der Waals surface area contributed by atoms with E-state index in [1.54, 1.807) is 0 Å². The molecule has 0 aliphatic carbocycles. The van der Waals surface area contributed by atoms with E-state index in [0.717, 1.165) is 43.9 Å². The SMILES string of the molecule is CCc1ccc([C@@H](CNC(=O)c2ccccc2C)N2CCOCC2)cc1. The lowest BCUT2D eigenvalue weighted by atomic mass is 10.0. The Morgan fingerprint density at radius 3 is 2.46 bits per heavy atom. The Kier molecular flexibility index (Phi) is 6.42. The van der Waals surface area contributed by atoms with Crippen LogP contribution in [0.2, 0.25) is 0 Å². The Morgan fingerprint density at radius 2 is 1.81 bits per heavy atom. The van der Waals surface area contributed by atoms with Crippen LogP contribution in [0, 0.1) is 6.92 Å². The minimum atomic E-state index is -0.00784. The molecule has 0 aromatic heterocycles. The van der Waals surface area contributed by atoms with Gasteiger partial charge < -0.3 is 10.1 Å². The van der Waals surface area contributed by atoms with Crippen LogP contribution >= 0.6 is 0 Å². The number of benzene rings is 2. The van der Waals surface area contributed by atoms with Gasteiger partial charge in [0.15, 0.2) is 0 Å². The maximum absolute atomic E-state index is 12.6. The fraction of sp³-hybridized carbons (Fsp3) is 0.409. The number of nitrogens with one attached hydrogen (secondary N) is 1. The summed E-state index contributed by atoms with van der Waals surface area (Å²) in [6.45, 7) is 8.00. The number of aryl methyl sites for hydroxylation is 2. The summed E-state index contributed by atoms with van der Waals surface area (Å²) in [5.74, 6) is -0.00784. The number of amides is 1. The van der Waals surface area contributed by atoms with E-state index in [0.29, 0.717) is 6.54 Å². The monoisotopic (exact) mass is 352 g/mol. The maximum atomic E-state index is 12.6. The molecular formula is C22H28N2O2. The molecule has 1 aliphatic heterocycles. The van der Waals surface area contributed by atoms with Crippen LogP contribution in [0.1, 0.15) is 40.0 Å². The van der Waals surface area contributed by atoms with Gasteiger partial charge in [0.05, 0.1) is 19.3 Å². The number of hydrogen-bond acceptors (Lipinski definition) is 3. The van der Waals surface area contributed by atoms with Crippen LogP contribution in [0.25, 0.3) is 0 Å². The van der Waals surface area contributed by atoms with Crippen LogP contribution in [-0.2, 0) is 11.2 Å². The highest BCUT2D eigenvalue weighted by Crippen LogP contribution is 2.22. The van der Waals surface area contributed by atoms with Crippen LogP contribution in [-0.4, -0.2) is 43.7 Å². The van der Waals surface area contributed by atoms with E-state index in [9.17, 15) is 4.79 Å². The number of rotatable bonds is 6. The number of carbonyl (C=O) groups excluding carboxylic acids is 1. The van der Waals surface area contributed by atoms with E-state index in [4.69, 9.17) is 4.74 Å². The van der Waals surface area contributed by atoms with E-state index < -0.39 is 0 Å². The van der Waals surface area contributed by atoms with Crippen molar-refractivity contribution in [2.75, 3.05) is 32.8 Å². The average molecular weight is 352 g/mol. The largest absolute Gasteiger partial charge is 0.379 e. The highest BCUT2D eigenvalue weighted by atomic mass is 16.5. The highest BCUT2D eigenvalue weighted by Gasteiger charge is 2.23. The second-order valence-corrected chi connectivity index (χ2v) is 6.78. The predicted molar refractivity (Wildman–Crippen MR) is 104 cm³/mol. The second kappa shape index (κ2) is 8.97. The van der Waals surface area contributed by atoms with Gasteiger partial charge in [-0.25, -0.2) is 0 Å². The fourth-order valence-electron chi connectivity index (χ4n) is 3.43. The van der Waals surface area contributed by atoms with E-state index in [2.05, 4.69) is 41.4 Å². The van der Waals surface area contributed by atoms with Crippen molar-refractivity contribution in [3.8, 4) is 0 Å². The highest BCUT2D eigenvalue weighted by molar-refractivity contribution is 5.95. The zero-order chi connectivity index (χ0) is 18.4. The normalized spacial score (nSPS) is 16.2. The quantitative estimate of drug-likeness (QED) is 0.867. The van der Waals surface area contributed by atoms with Gasteiger partial charge in [0.25, 0.3) is 5.91 Å². The van der Waals surface area contributed by atoms with Gasteiger partial charge in [-0.15, -0.1) is 0 Å². The molecule has 1 saturated heterocycles. The Morgan fingerprint density at radius 1 is 1.12 bits per heavy atom. The van der Waals surface area contributed by atoms with Crippen LogP contribution in [0.4, 0.5) is 0 Å². The summed E-state index contributed by atoms with van der Waals surface area (Å²) in [6.07, 6.45) is 1.03. The molecule has 0 radical (unpaired) electrons. The average Bonchev–Trinajstić information content (AvgIpc) is 2.69. The first-order valence-corrected chi connectivity index (χ1v) is 9.43. The molecule has 1 aliphatic rings. The topological polar surface area (TPSA) is 41.6 Å². The Bertz CT molecular complexity index is 721. The van der Waals surface area contributed by atoms with Crippen molar-refractivity contribution in [2.45, 2.75) is 26.3 Å². The molecule has 1 atom stereocenters. The van der Waals surface area contributed by atoms with Crippen molar-refractivity contribution in [1.82, 2.24) is 10.2 Å². The molecule has 0 spiro atoms. The van der Waals surface area contributed by atoms with Crippen LogP contribution in [0.15, 0.2) is 48.5 Å². The minimum absolute atomic E-state index is 0.00784. The minimum Gasteiger partial charge on any atom is -0.379 e. The van der Waals surface area contributed by atoms with Crippen molar-refractivity contribution < 1.29 is 9.53 Å². The molecule has 138 valence electrons. The number of ether oxygens (including phenoxy) is 1. The van der Waals surface area contributed by atoms with Crippen molar-refractivity contribution >= 4 is 5.91 Å². The molecule has 0 unspecified atom stereocenters. The maximum Gasteiger partial charge on any atom is 0.251 e. The lowest BCUT2D eigenvalue weighted by Crippen LogP contribution is -2.43. The fourth-order valence-corrected chi connectivity index (χ4v) is 3.43. The van der Waals surface area contributed by atoms with Gasteiger partial charge in [0.1, 0.15) is 0 Å². The summed E-state index contributed by atoms with van der Waals surface area (Å²) >= 11 is 0. The molecule has 3 rings (SSSR count). The third-order valence-corrected chi connectivity index (χ3v) is 5.10. The molecule has 1 heterocycles. The summed E-state index contributed by atoms with van der Waals surface area (Å²) in [7, 11) is 0. The van der Waals surface area contributed by atoms with Crippen molar-refractivity contribution in [3.63, 3.8) is 0 Å². The third kappa shape index (κ3) is 4.51. The summed E-state index contributed by atoms with van der Waals surface area (Å²) in [4.78, 5) is 15.0. The third-order valence-electron chi connectivity index (χ3n) is 5.10. The molecule has 26 heavy (non-hydrogen) atoms. The molecular weight excluding hydrogens is 324 g/mol. The second-order valence-electron chi connectivity index (χ2n) is 6.78. The van der Waals surface area contributed by atoms with Gasteiger partial charge in [-0.3, -0.25) is 9.69 Å². The molecule has 0 saturated carbocycles. The van der Waals surface area contributed by atoms with Gasteiger partial charge in [-0.05, 0) is 36.1 Å². The molecule has 1 fully saturated rings. The Balaban J connectivity index is 1.74. The van der Waals surface area contributed by atoms with Crippen molar-refractivity contribution in [3.05, 3.63) is 70.8 Å². The predicted octanol–water partition coefficient (Wildman–Crippen LogP) is 3.36. The van der Waals surface area contributed by atoms with Crippen LogP contribution < -0.4 is 5.32 Å². The van der Waals surface area contributed by atoms with Crippen LogP contribution in [0.5, 0.6) is 0 Å². The van der Waals surface area contributed by atoms with Crippen LogP contribution in [0.3, 0.4) is 0 Å². The van der Waals surface area contributed by atoms with Gasteiger partial charge in [0.2, 0.25) is 0 Å². The Hall–Kier alpha value is -2.17. The van der Waals surface area contributed by atoms with E-state index in [-0.39, 0.29) is 11.9 Å². The molecule has 1 N–H and O–H groups in total. The summed E-state index contributed by atoms with van der Waals surface area (Å²) < 4.78 is 5.50. The number of morpholine rings is 1. The van der Waals surface area contributed by atoms with Gasteiger partial charge in [-0.2, -0.15) is 0 Å². The number of carbonyl (C=O) groups is 1. The van der Waals surface area contributed by atoms with E-state index >= 15 is 0 Å². The van der Waals surface area contributed by atoms with Crippen molar-refractivity contribution in [2.24, 2.45) is 0 Å². The lowest BCUT2D eigenvalue weighted by Gasteiger charge is -2.35. The number of hydrogen-bond donors (Lipinski definition) is 1. The number of nitrogens with zero attached hydrogens (tertiary/aromatic N) is 1. The molecule has 2 aromatic rings. The first-order chi connectivity index (χ1) is 12.7. The molecule has 1 amide bonds. The van der Waals surface area contributed by atoms with Gasteiger partial charge in [-0.1, -0.05) is 49.4 Å². The molecule has 4 nitrogen and oxygen atoms in total. The summed E-state index contributed by atoms with van der Waals surface area (Å²) in [5, 5.41) is 3.14. The van der Waals surface area contributed by atoms with Gasteiger partial charge in [0, 0.05) is 25.2 Å². The molecule has 0 bridgehead atoms. The smallest absolute Gasteiger partial charge is 0.251 e. The Labute approximate surface area is 156 Å². The standard InChI is InChI=1S/C22H28N2O2/c1-3-18-8-10-19(11-9-18)21(24-12-14-26-15-13-24)16-23-22(25)20-7-5-4-6-17(20)2/h4-11,21H,3,12-16H2,1-2H3,(H,23,25)/t21-/m1/s1. The van der Waals surface area contributed by atoms with E-state index in [1.807, 2.05) is 31.2 Å².